The van der Waals surface area contributed by atoms with E-state index in [0.717, 1.165) is 16.9 Å². The van der Waals surface area contributed by atoms with Gasteiger partial charge in [0.15, 0.2) is 0 Å². The third-order valence-electron chi connectivity index (χ3n) is 5.00. The van der Waals surface area contributed by atoms with Crippen molar-refractivity contribution in [2.24, 2.45) is 12.5 Å². The van der Waals surface area contributed by atoms with E-state index in [1.165, 1.54) is 0 Å². The fourth-order valence-corrected chi connectivity index (χ4v) is 3.39. The molecule has 0 aliphatic carbocycles. The van der Waals surface area contributed by atoms with Crippen molar-refractivity contribution in [3.63, 3.8) is 0 Å². The first-order valence-electron chi connectivity index (χ1n) is 10.3. The Labute approximate surface area is 186 Å². The monoisotopic (exact) mass is 430 g/mol. The van der Waals surface area contributed by atoms with Gasteiger partial charge in [-0.25, -0.2) is 0 Å². The predicted molar refractivity (Wildman–Crippen MR) is 125 cm³/mol. The maximum absolute atomic E-state index is 9.48. The number of aromatic amines is 1. The van der Waals surface area contributed by atoms with E-state index in [0.29, 0.717) is 40.7 Å². The Morgan fingerprint density at radius 2 is 2.03 bits per heavy atom. The van der Waals surface area contributed by atoms with Gasteiger partial charge in [0.25, 0.3) is 0 Å². The number of H-pyrrole nitrogens is 1. The van der Waals surface area contributed by atoms with Gasteiger partial charge in [0, 0.05) is 31.5 Å². The van der Waals surface area contributed by atoms with Crippen LogP contribution in [-0.2, 0) is 7.05 Å². The van der Waals surface area contributed by atoms with Gasteiger partial charge < -0.3 is 20.4 Å². The minimum absolute atomic E-state index is 0.0405. The Hall–Kier alpha value is -4.06. The third kappa shape index (κ3) is 4.21. The zero-order valence-electron chi connectivity index (χ0n) is 18.8. The highest BCUT2D eigenvalue weighted by atomic mass is 16.5. The van der Waals surface area contributed by atoms with Crippen LogP contribution in [0.1, 0.15) is 26.3 Å². The number of aryl methyl sites for hydroxylation is 1. The van der Waals surface area contributed by atoms with E-state index in [2.05, 4.69) is 57.5 Å². The van der Waals surface area contributed by atoms with Gasteiger partial charge in [0.2, 0.25) is 5.95 Å². The summed E-state index contributed by atoms with van der Waals surface area (Å²) in [6.07, 6.45) is 3.41. The third-order valence-corrected chi connectivity index (χ3v) is 5.00. The number of rotatable bonds is 6. The van der Waals surface area contributed by atoms with E-state index in [-0.39, 0.29) is 5.41 Å². The summed E-state index contributed by atoms with van der Waals surface area (Å²) in [5, 5.41) is 21.0. The minimum Gasteiger partial charge on any atom is -0.495 e. The van der Waals surface area contributed by atoms with Crippen LogP contribution in [0.2, 0.25) is 0 Å². The molecule has 0 fully saturated rings. The second kappa shape index (κ2) is 8.23. The smallest absolute Gasteiger partial charge is 0.231 e. The molecule has 3 aromatic heterocycles. The topological polar surface area (TPSA) is 116 Å². The van der Waals surface area contributed by atoms with Crippen molar-refractivity contribution in [1.82, 2.24) is 24.7 Å². The fraction of sp³-hybridized carbons (Fsp3) is 0.304. The number of nitrogens with one attached hydrogen (secondary N) is 3. The highest BCUT2D eigenvalue weighted by molar-refractivity contribution is 5.93. The van der Waals surface area contributed by atoms with E-state index in [1.807, 2.05) is 36.0 Å². The molecule has 0 unspecified atom stereocenters. The SMILES string of the molecule is COc1cc(-c2ccnn2C)ccc1Nc1nc(NCC(C)(C)C)c2c(C#N)c[nH]c2n1. The number of fused-ring (bicyclic) bond motifs is 1. The summed E-state index contributed by atoms with van der Waals surface area (Å²) in [5.41, 5.74) is 3.82. The second-order valence-electron chi connectivity index (χ2n) is 8.73. The summed E-state index contributed by atoms with van der Waals surface area (Å²) in [6.45, 7) is 7.09. The Bertz CT molecular complexity index is 1310. The van der Waals surface area contributed by atoms with Crippen molar-refractivity contribution < 1.29 is 4.74 Å². The molecule has 3 N–H and O–H groups in total. The first-order valence-corrected chi connectivity index (χ1v) is 10.3. The van der Waals surface area contributed by atoms with E-state index < -0.39 is 0 Å². The van der Waals surface area contributed by atoms with Crippen LogP contribution in [-0.4, -0.2) is 38.4 Å². The van der Waals surface area contributed by atoms with Crippen molar-refractivity contribution in [1.29, 1.82) is 5.26 Å². The van der Waals surface area contributed by atoms with Crippen molar-refractivity contribution in [2.45, 2.75) is 20.8 Å². The molecule has 0 atom stereocenters. The van der Waals surface area contributed by atoms with Crippen LogP contribution in [0.3, 0.4) is 0 Å². The van der Waals surface area contributed by atoms with Crippen LogP contribution in [0.25, 0.3) is 22.3 Å². The molecule has 9 heteroatoms. The molecule has 0 aliphatic heterocycles. The van der Waals surface area contributed by atoms with Gasteiger partial charge in [-0.3, -0.25) is 4.68 Å². The lowest BCUT2D eigenvalue weighted by molar-refractivity contribution is 0.417. The zero-order chi connectivity index (χ0) is 22.9. The van der Waals surface area contributed by atoms with Crippen molar-refractivity contribution in [3.8, 4) is 23.1 Å². The molecule has 1 aromatic carbocycles. The van der Waals surface area contributed by atoms with E-state index in [4.69, 9.17) is 4.74 Å². The number of nitrogens with zero attached hydrogens (tertiary/aromatic N) is 5. The van der Waals surface area contributed by atoms with Gasteiger partial charge in [0.1, 0.15) is 23.3 Å². The summed E-state index contributed by atoms with van der Waals surface area (Å²) in [7, 11) is 3.52. The molecule has 4 aromatic rings. The highest BCUT2D eigenvalue weighted by Gasteiger charge is 2.18. The van der Waals surface area contributed by atoms with E-state index in [9.17, 15) is 5.26 Å². The maximum atomic E-state index is 9.48. The van der Waals surface area contributed by atoms with Crippen molar-refractivity contribution >= 4 is 28.5 Å². The van der Waals surface area contributed by atoms with Crippen molar-refractivity contribution in [2.75, 3.05) is 24.3 Å². The first kappa shape index (κ1) is 21.2. The van der Waals surface area contributed by atoms with E-state index >= 15 is 0 Å². The molecular formula is C23H26N8O. The Morgan fingerprint density at radius 3 is 2.69 bits per heavy atom. The predicted octanol–water partition coefficient (Wildman–Crippen LogP) is 4.44. The molecule has 4 rings (SSSR count). The van der Waals surface area contributed by atoms with Gasteiger partial charge in [-0.05, 0) is 23.6 Å². The lowest BCUT2D eigenvalue weighted by atomic mass is 9.97. The Kier molecular flexibility index (Phi) is 5.45. The second-order valence-corrected chi connectivity index (χ2v) is 8.73. The van der Waals surface area contributed by atoms with Crippen LogP contribution in [0.4, 0.5) is 17.5 Å². The number of methoxy groups -OCH3 is 1. The van der Waals surface area contributed by atoms with Gasteiger partial charge in [-0.15, -0.1) is 0 Å². The van der Waals surface area contributed by atoms with Gasteiger partial charge >= 0.3 is 0 Å². The number of ether oxygens (including phenoxy) is 1. The highest BCUT2D eigenvalue weighted by Crippen LogP contribution is 2.33. The number of aromatic nitrogens is 5. The van der Waals surface area contributed by atoms with Gasteiger partial charge in [0.05, 0.1) is 29.4 Å². The molecular weight excluding hydrogens is 404 g/mol. The maximum Gasteiger partial charge on any atom is 0.231 e. The Balaban J connectivity index is 1.71. The molecule has 0 saturated carbocycles. The zero-order valence-corrected chi connectivity index (χ0v) is 18.8. The molecule has 0 amide bonds. The van der Waals surface area contributed by atoms with Crippen LogP contribution in [0.15, 0.2) is 36.7 Å². The minimum atomic E-state index is 0.0405. The molecule has 164 valence electrons. The quantitative estimate of drug-likeness (QED) is 0.414. The van der Waals surface area contributed by atoms with Crippen LogP contribution in [0, 0.1) is 16.7 Å². The summed E-state index contributed by atoms with van der Waals surface area (Å²) >= 11 is 0. The molecule has 9 nitrogen and oxygen atoms in total. The van der Waals surface area contributed by atoms with Gasteiger partial charge in [-0.2, -0.15) is 20.3 Å². The first-order chi connectivity index (χ1) is 15.3. The molecule has 3 heterocycles. The standard InChI is InChI=1S/C23H26N8O/c1-23(2,3)13-26-21-19-15(11-24)12-25-20(19)29-22(30-21)28-16-7-6-14(10-18(16)32-5)17-8-9-27-31(17)4/h6-10,12H,13H2,1-5H3,(H3,25,26,28,29,30). The molecule has 0 aliphatic rings. The number of hydrogen-bond donors (Lipinski definition) is 3. The van der Waals surface area contributed by atoms with Crippen LogP contribution in [0.5, 0.6) is 5.75 Å². The van der Waals surface area contributed by atoms with Crippen LogP contribution < -0.4 is 15.4 Å². The average molecular weight is 431 g/mol. The summed E-state index contributed by atoms with van der Waals surface area (Å²) in [6, 6.07) is 10.0. The summed E-state index contributed by atoms with van der Waals surface area (Å²) < 4.78 is 7.42. The molecule has 32 heavy (non-hydrogen) atoms. The van der Waals surface area contributed by atoms with Gasteiger partial charge in [-0.1, -0.05) is 26.8 Å². The summed E-state index contributed by atoms with van der Waals surface area (Å²) in [5.74, 6) is 1.66. The molecule has 0 radical (unpaired) electrons. The molecule has 0 bridgehead atoms. The number of nitriles is 1. The number of hydrogen-bond acceptors (Lipinski definition) is 7. The number of benzene rings is 1. The normalized spacial score (nSPS) is 11.4. The van der Waals surface area contributed by atoms with Crippen molar-refractivity contribution in [3.05, 3.63) is 42.2 Å². The largest absolute Gasteiger partial charge is 0.495 e. The lowest BCUT2D eigenvalue weighted by Gasteiger charge is -2.20. The lowest BCUT2D eigenvalue weighted by Crippen LogP contribution is -2.20. The average Bonchev–Trinajstić information content (AvgIpc) is 3.37. The molecule has 0 spiro atoms. The molecule has 0 saturated heterocycles. The van der Waals surface area contributed by atoms with Crippen LogP contribution >= 0.6 is 0 Å². The fourth-order valence-electron chi connectivity index (χ4n) is 3.39. The Morgan fingerprint density at radius 1 is 1.22 bits per heavy atom. The number of anilines is 3. The van der Waals surface area contributed by atoms with E-state index in [1.54, 1.807) is 19.5 Å². The summed E-state index contributed by atoms with van der Waals surface area (Å²) in [4.78, 5) is 12.3.